The van der Waals surface area contributed by atoms with Crippen molar-refractivity contribution in [2.45, 2.75) is 69.1 Å². The van der Waals surface area contributed by atoms with Gasteiger partial charge in [0.25, 0.3) is 0 Å². The average Bonchev–Trinajstić information content (AvgIpc) is 3.43. The zero-order valence-electron chi connectivity index (χ0n) is 24.0. The molecule has 44 heavy (non-hydrogen) atoms. The van der Waals surface area contributed by atoms with Crippen LogP contribution in [0.2, 0.25) is 0 Å². The molecule has 0 aliphatic carbocycles. The van der Waals surface area contributed by atoms with Crippen LogP contribution < -0.4 is 44.2 Å². The number of amides is 6. The van der Waals surface area contributed by atoms with Crippen LogP contribution in [0.1, 0.15) is 44.9 Å². The van der Waals surface area contributed by atoms with Gasteiger partial charge < -0.3 is 59.3 Å². The number of aliphatic carboxylic acids is 2. The molecule has 1 fully saturated rings. The fourth-order valence-electron chi connectivity index (χ4n) is 4.13. The maximum atomic E-state index is 13.2. The van der Waals surface area contributed by atoms with E-state index in [2.05, 4.69) is 26.3 Å². The zero-order chi connectivity index (χ0) is 33.4. The third kappa shape index (κ3) is 13.8. The fourth-order valence-corrected chi connectivity index (χ4v) is 4.13. The first-order valence-corrected chi connectivity index (χ1v) is 13.6. The number of aliphatic imine (C=N–C) groups is 1. The lowest BCUT2D eigenvalue weighted by molar-refractivity contribution is -0.146. The maximum absolute atomic E-state index is 13.2. The number of nitrogens with zero attached hydrogens (tertiary/aromatic N) is 2. The van der Waals surface area contributed by atoms with Gasteiger partial charge in [-0.3, -0.25) is 38.6 Å². The van der Waals surface area contributed by atoms with Crippen LogP contribution in [0.3, 0.4) is 0 Å². The molecule has 0 bridgehead atoms. The van der Waals surface area contributed by atoms with E-state index >= 15 is 0 Å². The highest BCUT2D eigenvalue weighted by Crippen LogP contribution is 2.20. The predicted molar refractivity (Wildman–Crippen MR) is 151 cm³/mol. The predicted octanol–water partition coefficient (Wildman–Crippen LogP) is -5.61. The Morgan fingerprint density at radius 2 is 1.55 bits per heavy atom. The summed E-state index contributed by atoms with van der Waals surface area (Å²) in [5.74, 6) is -7.73. The van der Waals surface area contributed by atoms with Gasteiger partial charge in [-0.1, -0.05) is 0 Å². The fraction of sp³-hybridized carbons (Fsp3) is 0.625. The monoisotopic (exact) mass is 628 g/mol. The summed E-state index contributed by atoms with van der Waals surface area (Å²) in [5, 5.41) is 27.2. The number of carboxylic acids is 2. The number of carbonyl (C=O) groups is 8. The standard InChI is InChI=1S/C24H40N10O10/c25-12(3-1-7-29-24(27)28)20(40)31-10-17(36)30-11-18(37)32-14(9-16(26)35)22(42)34-8-2-4-15(34)21(41)33-13(23(43)44)5-6-19(38)39/h12-15H,1-11,25H2,(H2,26,35)(H,30,36)(H,31,40)(H,32,37)(H,33,41)(H,38,39)(H,43,44)(H4,27,28,29). The number of hydrogen-bond acceptors (Lipinski definition) is 10. The van der Waals surface area contributed by atoms with E-state index in [0.29, 0.717) is 12.8 Å². The summed E-state index contributed by atoms with van der Waals surface area (Å²) >= 11 is 0. The van der Waals surface area contributed by atoms with Crippen molar-refractivity contribution in [1.82, 2.24) is 26.2 Å². The van der Waals surface area contributed by atoms with Gasteiger partial charge in [0.2, 0.25) is 35.4 Å². The van der Waals surface area contributed by atoms with Crippen LogP contribution in [-0.2, 0) is 38.4 Å². The van der Waals surface area contributed by atoms with Crippen molar-refractivity contribution in [3.05, 3.63) is 0 Å². The first-order valence-electron chi connectivity index (χ1n) is 13.6. The molecule has 0 radical (unpaired) electrons. The first-order chi connectivity index (χ1) is 20.6. The van der Waals surface area contributed by atoms with Crippen molar-refractivity contribution < 1.29 is 48.6 Å². The van der Waals surface area contributed by atoms with Gasteiger partial charge in [0.15, 0.2) is 5.96 Å². The molecule has 0 spiro atoms. The molecule has 1 aliphatic rings. The van der Waals surface area contributed by atoms with Gasteiger partial charge in [-0.05, 0) is 32.1 Å². The summed E-state index contributed by atoms with van der Waals surface area (Å²) in [6.07, 6.45) is -0.404. The Labute approximate surface area is 251 Å². The minimum atomic E-state index is -1.52. The number of primary amides is 1. The second-order valence-electron chi connectivity index (χ2n) is 9.86. The number of rotatable bonds is 19. The molecule has 1 saturated heterocycles. The van der Waals surface area contributed by atoms with Crippen LogP contribution in [0.4, 0.5) is 0 Å². The van der Waals surface area contributed by atoms with Gasteiger partial charge in [0.1, 0.15) is 18.1 Å². The number of hydrogen-bond donors (Lipinski definition) is 10. The third-order valence-corrected chi connectivity index (χ3v) is 6.31. The Morgan fingerprint density at radius 3 is 2.14 bits per heavy atom. The van der Waals surface area contributed by atoms with Gasteiger partial charge in [0.05, 0.1) is 25.6 Å². The zero-order valence-corrected chi connectivity index (χ0v) is 24.0. The van der Waals surface area contributed by atoms with Crippen LogP contribution in [0, 0.1) is 0 Å². The molecular formula is C24H40N10O10. The summed E-state index contributed by atoms with van der Waals surface area (Å²) in [6.45, 7) is -0.841. The molecule has 6 amide bonds. The Bertz CT molecular complexity index is 1130. The largest absolute Gasteiger partial charge is 0.481 e. The SMILES string of the molecule is NC(=O)CC(NC(=O)CNC(=O)CNC(=O)C(N)CCCN=C(N)N)C(=O)N1CCCC1C(=O)NC(CCC(=O)O)C(=O)O. The van der Waals surface area contributed by atoms with E-state index in [1.165, 1.54) is 0 Å². The van der Waals surface area contributed by atoms with Gasteiger partial charge in [-0.2, -0.15) is 0 Å². The van der Waals surface area contributed by atoms with Gasteiger partial charge >= 0.3 is 11.9 Å². The van der Waals surface area contributed by atoms with Crippen LogP contribution in [0.15, 0.2) is 4.99 Å². The molecular weight excluding hydrogens is 588 g/mol. The molecule has 1 heterocycles. The number of likely N-dealkylation sites (tertiary alicyclic amines) is 1. The molecule has 20 heteroatoms. The summed E-state index contributed by atoms with van der Waals surface area (Å²) in [6, 6.07) is -5.11. The minimum absolute atomic E-state index is 0.0434. The van der Waals surface area contributed by atoms with Crippen molar-refractivity contribution in [2.75, 3.05) is 26.2 Å². The maximum Gasteiger partial charge on any atom is 0.326 e. The summed E-state index contributed by atoms with van der Waals surface area (Å²) < 4.78 is 0. The first kappa shape index (κ1) is 37.0. The van der Waals surface area contributed by atoms with E-state index < -0.39 is 97.5 Å². The summed E-state index contributed by atoms with van der Waals surface area (Å²) in [4.78, 5) is 101. The number of nitrogens with one attached hydrogen (secondary N) is 4. The molecule has 0 aromatic heterocycles. The van der Waals surface area contributed by atoms with Crippen molar-refractivity contribution in [3.8, 4) is 0 Å². The van der Waals surface area contributed by atoms with E-state index in [9.17, 15) is 43.5 Å². The molecule has 0 saturated carbocycles. The number of guanidine groups is 1. The molecule has 20 nitrogen and oxygen atoms in total. The van der Waals surface area contributed by atoms with Crippen LogP contribution >= 0.6 is 0 Å². The summed E-state index contributed by atoms with van der Waals surface area (Å²) in [7, 11) is 0. The van der Waals surface area contributed by atoms with E-state index in [-0.39, 0.29) is 38.3 Å². The molecule has 1 rings (SSSR count). The molecule has 0 aromatic rings. The molecule has 4 atom stereocenters. The average molecular weight is 629 g/mol. The van der Waals surface area contributed by atoms with Gasteiger partial charge in [-0.15, -0.1) is 0 Å². The second kappa shape index (κ2) is 18.5. The lowest BCUT2D eigenvalue weighted by Crippen LogP contribution is -2.56. The molecule has 14 N–H and O–H groups in total. The second-order valence-corrected chi connectivity index (χ2v) is 9.86. The Kier molecular flexibility index (Phi) is 15.6. The number of carboxylic acid groups (broad SMARTS) is 2. The van der Waals surface area contributed by atoms with Crippen LogP contribution in [-0.4, -0.2) is 119 Å². The van der Waals surface area contributed by atoms with Crippen molar-refractivity contribution >= 4 is 53.3 Å². The lowest BCUT2D eigenvalue weighted by Gasteiger charge is -2.29. The highest BCUT2D eigenvalue weighted by Gasteiger charge is 2.39. The minimum Gasteiger partial charge on any atom is -0.481 e. The van der Waals surface area contributed by atoms with Crippen LogP contribution in [0.25, 0.3) is 0 Å². The molecule has 4 unspecified atom stereocenters. The molecule has 0 aromatic carbocycles. The van der Waals surface area contributed by atoms with Crippen LogP contribution in [0.5, 0.6) is 0 Å². The molecule has 1 aliphatic heterocycles. The summed E-state index contributed by atoms with van der Waals surface area (Å²) in [5.41, 5.74) is 21.4. The third-order valence-electron chi connectivity index (χ3n) is 6.31. The highest BCUT2D eigenvalue weighted by molar-refractivity contribution is 5.96. The Morgan fingerprint density at radius 1 is 0.886 bits per heavy atom. The van der Waals surface area contributed by atoms with Crippen molar-refractivity contribution in [3.63, 3.8) is 0 Å². The Balaban J connectivity index is 2.69. The van der Waals surface area contributed by atoms with Crippen molar-refractivity contribution in [1.29, 1.82) is 0 Å². The van der Waals surface area contributed by atoms with E-state index in [1.807, 2.05) is 0 Å². The van der Waals surface area contributed by atoms with Crippen molar-refractivity contribution in [2.24, 2.45) is 27.9 Å². The Hall–Kier alpha value is -5.01. The quantitative estimate of drug-likeness (QED) is 0.0363. The van der Waals surface area contributed by atoms with E-state index in [0.717, 1.165) is 4.90 Å². The van der Waals surface area contributed by atoms with Gasteiger partial charge in [0, 0.05) is 19.5 Å². The number of nitrogens with two attached hydrogens (primary N) is 4. The smallest absolute Gasteiger partial charge is 0.326 e. The van der Waals surface area contributed by atoms with Gasteiger partial charge in [-0.25, -0.2) is 4.79 Å². The number of carbonyl (C=O) groups excluding carboxylic acids is 6. The van der Waals surface area contributed by atoms with E-state index in [4.69, 9.17) is 28.0 Å². The molecule has 246 valence electrons. The lowest BCUT2D eigenvalue weighted by atomic mass is 10.1. The normalized spacial score (nSPS) is 16.0. The topological polar surface area (TPSA) is 345 Å². The highest BCUT2D eigenvalue weighted by atomic mass is 16.4. The van der Waals surface area contributed by atoms with E-state index in [1.54, 1.807) is 0 Å².